The zero-order valence-electron chi connectivity index (χ0n) is 11.8. The van der Waals surface area contributed by atoms with Crippen LogP contribution in [0.4, 0.5) is 19.0 Å². The van der Waals surface area contributed by atoms with Gasteiger partial charge in [0.1, 0.15) is 5.82 Å². The number of hydrogen-bond acceptors (Lipinski definition) is 3. The van der Waals surface area contributed by atoms with Crippen LogP contribution < -0.4 is 5.32 Å². The summed E-state index contributed by atoms with van der Waals surface area (Å²) in [6.07, 6.45) is -2.07. The molecule has 0 radical (unpaired) electrons. The highest BCUT2D eigenvalue weighted by Crippen LogP contribution is 2.33. The van der Waals surface area contributed by atoms with Crippen molar-refractivity contribution in [2.24, 2.45) is 0 Å². The van der Waals surface area contributed by atoms with Gasteiger partial charge >= 0.3 is 6.18 Å². The van der Waals surface area contributed by atoms with Gasteiger partial charge in [-0.3, -0.25) is 4.98 Å². The third kappa shape index (κ3) is 3.93. The first-order chi connectivity index (χ1) is 9.90. The van der Waals surface area contributed by atoms with Crippen LogP contribution in [0, 0.1) is 6.92 Å². The van der Waals surface area contributed by atoms with Gasteiger partial charge in [-0.05, 0) is 37.6 Å². The second-order valence-electron chi connectivity index (χ2n) is 4.74. The second-order valence-corrected chi connectivity index (χ2v) is 4.74. The number of hydrogen-bond donors (Lipinski definition) is 1. The maximum Gasteiger partial charge on any atom is 0.416 e. The molecule has 0 spiro atoms. The zero-order valence-corrected chi connectivity index (χ0v) is 11.8. The molecule has 0 bridgehead atoms. The fourth-order valence-electron chi connectivity index (χ4n) is 1.81. The Balaban J connectivity index is 2.46. The van der Waals surface area contributed by atoms with Crippen molar-refractivity contribution >= 4 is 5.82 Å². The van der Waals surface area contributed by atoms with E-state index in [1.807, 2.05) is 13.8 Å². The smallest absolute Gasteiger partial charge is 0.370 e. The SMILES string of the molecule is CCCNc1cc(C(F)(F)F)cc(-c2ccc(C)nc2)n1. The van der Waals surface area contributed by atoms with Crippen LogP contribution in [0.15, 0.2) is 30.5 Å². The molecule has 0 fully saturated rings. The molecule has 112 valence electrons. The lowest BCUT2D eigenvalue weighted by Crippen LogP contribution is -2.09. The van der Waals surface area contributed by atoms with E-state index in [0.29, 0.717) is 12.1 Å². The lowest BCUT2D eigenvalue weighted by atomic mass is 10.1. The average Bonchev–Trinajstić information content (AvgIpc) is 2.44. The van der Waals surface area contributed by atoms with Crippen LogP contribution in [-0.4, -0.2) is 16.5 Å². The molecule has 6 heteroatoms. The Morgan fingerprint density at radius 3 is 2.52 bits per heavy atom. The van der Waals surface area contributed by atoms with Gasteiger partial charge in [-0.25, -0.2) is 4.98 Å². The van der Waals surface area contributed by atoms with Crippen LogP contribution in [-0.2, 0) is 6.18 Å². The monoisotopic (exact) mass is 295 g/mol. The van der Waals surface area contributed by atoms with Crippen molar-refractivity contribution in [3.05, 3.63) is 41.7 Å². The Kier molecular flexibility index (Phi) is 4.45. The molecule has 2 rings (SSSR count). The minimum Gasteiger partial charge on any atom is -0.370 e. The Morgan fingerprint density at radius 2 is 1.95 bits per heavy atom. The topological polar surface area (TPSA) is 37.8 Å². The molecule has 0 aromatic carbocycles. The molecule has 0 unspecified atom stereocenters. The summed E-state index contributed by atoms with van der Waals surface area (Å²) >= 11 is 0. The summed E-state index contributed by atoms with van der Waals surface area (Å²) in [5.41, 5.74) is 0.906. The number of nitrogens with zero attached hydrogens (tertiary/aromatic N) is 2. The predicted molar refractivity (Wildman–Crippen MR) is 76.0 cm³/mol. The van der Waals surface area contributed by atoms with E-state index < -0.39 is 11.7 Å². The summed E-state index contributed by atoms with van der Waals surface area (Å²) in [5, 5.41) is 2.90. The minimum atomic E-state index is -4.40. The third-order valence-corrected chi connectivity index (χ3v) is 2.92. The van der Waals surface area contributed by atoms with Gasteiger partial charge in [-0.2, -0.15) is 13.2 Å². The van der Waals surface area contributed by atoms with Crippen molar-refractivity contribution in [2.75, 3.05) is 11.9 Å². The first kappa shape index (κ1) is 15.3. The van der Waals surface area contributed by atoms with E-state index in [0.717, 1.165) is 24.2 Å². The van der Waals surface area contributed by atoms with Crippen LogP contribution in [0.3, 0.4) is 0 Å². The lowest BCUT2D eigenvalue weighted by Gasteiger charge is -2.12. The number of aryl methyl sites for hydroxylation is 1. The van der Waals surface area contributed by atoms with E-state index in [1.165, 1.54) is 6.20 Å². The highest BCUT2D eigenvalue weighted by atomic mass is 19.4. The maximum atomic E-state index is 13.0. The van der Waals surface area contributed by atoms with Crippen molar-refractivity contribution in [1.29, 1.82) is 0 Å². The van der Waals surface area contributed by atoms with Crippen molar-refractivity contribution in [2.45, 2.75) is 26.4 Å². The Labute approximate surface area is 121 Å². The van der Waals surface area contributed by atoms with Gasteiger partial charge in [0.2, 0.25) is 0 Å². The first-order valence-corrected chi connectivity index (χ1v) is 6.66. The second kappa shape index (κ2) is 6.11. The molecule has 0 aliphatic carbocycles. The average molecular weight is 295 g/mol. The molecule has 0 amide bonds. The van der Waals surface area contributed by atoms with Crippen LogP contribution in [0.1, 0.15) is 24.6 Å². The van der Waals surface area contributed by atoms with Crippen LogP contribution in [0.25, 0.3) is 11.3 Å². The summed E-state index contributed by atoms with van der Waals surface area (Å²) in [7, 11) is 0. The molecule has 0 aliphatic rings. The van der Waals surface area contributed by atoms with Crippen molar-refractivity contribution in [1.82, 2.24) is 9.97 Å². The zero-order chi connectivity index (χ0) is 15.5. The van der Waals surface area contributed by atoms with Gasteiger partial charge in [0, 0.05) is 24.0 Å². The van der Waals surface area contributed by atoms with Gasteiger partial charge in [0.25, 0.3) is 0 Å². The van der Waals surface area contributed by atoms with Gasteiger partial charge in [-0.15, -0.1) is 0 Å². The predicted octanol–water partition coefficient (Wildman–Crippen LogP) is 4.29. The molecular weight excluding hydrogens is 279 g/mol. The molecule has 0 aliphatic heterocycles. The van der Waals surface area contributed by atoms with Crippen LogP contribution in [0.5, 0.6) is 0 Å². The van der Waals surface area contributed by atoms with Crippen molar-refractivity contribution in [3.8, 4) is 11.3 Å². The van der Waals surface area contributed by atoms with E-state index in [4.69, 9.17) is 0 Å². The van der Waals surface area contributed by atoms with E-state index in [2.05, 4.69) is 15.3 Å². The molecule has 2 aromatic rings. The van der Waals surface area contributed by atoms with Crippen molar-refractivity contribution in [3.63, 3.8) is 0 Å². The summed E-state index contributed by atoms with van der Waals surface area (Å²) in [6.45, 7) is 4.32. The molecule has 0 saturated heterocycles. The van der Waals surface area contributed by atoms with Gasteiger partial charge in [-0.1, -0.05) is 6.92 Å². The fraction of sp³-hybridized carbons (Fsp3) is 0.333. The number of halogens is 3. The van der Waals surface area contributed by atoms with Crippen LogP contribution >= 0.6 is 0 Å². The summed E-state index contributed by atoms with van der Waals surface area (Å²) in [4.78, 5) is 8.33. The minimum absolute atomic E-state index is 0.224. The highest BCUT2D eigenvalue weighted by Gasteiger charge is 2.31. The molecule has 3 nitrogen and oxygen atoms in total. The Morgan fingerprint density at radius 1 is 1.19 bits per heavy atom. The molecule has 1 N–H and O–H groups in total. The number of aromatic nitrogens is 2. The summed E-state index contributed by atoms with van der Waals surface area (Å²) < 4.78 is 38.9. The molecule has 0 saturated carbocycles. The van der Waals surface area contributed by atoms with Crippen molar-refractivity contribution < 1.29 is 13.2 Å². The Hall–Kier alpha value is -2.11. The number of pyridine rings is 2. The molecular formula is C15H16F3N3. The standard InChI is InChI=1S/C15H16F3N3/c1-3-6-19-14-8-12(15(16,17)18)7-13(21-14)11-5-4-10(2)20-9-11/h4-5,7-9H,3,6H2,1-2H3,(H,19,21). The largest absolute Gasteiger partial charge is 0.416 e. The van der Waals surface area contributed by atoms with Gasteiger partial charge < -0.3 is 5.32 Å². The van der Waals surface area contributed by atoms with Crippen LogP contribution in [0.2, 0.25) is 0 Å². The van der Waals surface area contributed by atoms with Gasteiger partial charge in [0.15, 0.2) is 0 Å². The quantitative estimate of drug-likeness (QED) is 0.914. The van der Waals surface area contributed by atoms with E-state index >= 15 is 0 Å². The summed E-state index contributed by atoms with van der Waals surface area (Å²) in [6, 6.07) is 5.54. The number of rotatable bonds is 4. The highest BCUT2D eigenvalue weighted by molar-refractivity contribution is 5.62. The van der Waals surface area contributed by atoms with Gasteiger partial charge in [0.05, 0.1) is 11.3 Å². The fourth-order valence-corrected chi connectivity index (χ4v) is 1.81. The third-order valence-electron chi connectivity index (χ3n) is 2.92. The number of nitrogens with one attached hydrogen (secondary N) is 1. The van der Waals surface area contributed by atoms with E-state index in [-0.39, 0.29) is 11.5 Å². The van der Waals surface area contributed by atoms with E-state index in [1.54, 1.807) is 12.1 Å². The molecule has 2 aromatic heterocycles. The molecule has 2 heterocycles. The Bertz CT molecular complexity index is 607. The number of anilines is 1. The molecule has 0 atom stereocenters. The number of alkyl halides is 3. The lowest BCUT2D eigenvalue weighted by molar-refractivity contribution is -0.137. The van der Waals surface area contributed by atoms with E-state index in [9.17, 15) is 13.2 Å². The maximum absolute atomic E-state index is 13.0. The molecule has 21 heavy (non-hydrogen) atoms. The first-order valence-electron chi connectivity index (χ1n) is 6.66. The summed E-state index contributed by atoms with van der Waals surface area (Å²) in [5.74, 6) is 0.224. The normalized spacial score (nSPS) is 11.5.